The van der Waals surface area contributed by atoms with Crippen LogP contribution in [0.3, 0.4) is 0 Å². The zero-order valence-corrected chi connectivity index (χ0v) is 13.0. The second kappa shape index (κ2) is 7.71. The Balaban J connectivity index is 4.04. The summed E-state index contributed by atoms with van der Waals surface area (Å²) in [7, 11) is 9.36. The molecule has 0 saturated heterocycles. The SMILES string of the molecule is CON(C)C(=O)CCN(C)CC(C)(C)CN(C)C. The Bertz CT molecular complexity index is 255. The van der Waals surface area contributed by atoms with Gasteiger partial charge in [0.15, 0.2) is 0 Å². The van der Waals surface area contributed by atoms with Gasteiger partial charge in [0.2, 0.25) is 5.91 Å². The first-order chi connectivity index (χ1) is 8.18. The van der Waals surface area contributed by atoms with E-state index >= 15 is 0 Å². The minimum absolute atomic E-state index is 0.00904. The van der Waals surface area contributed by atoms with Crippen LogP contribution in [-0.2, 0) is 9.63 Å². The van der Waals surface area contributed by atoms with Crippen LogP contribution in [0.5, 0.6) is 0 Å². The van der Waals surface area contributed by atoms with Crippen LogP contribution in [0.4, 0.5) is 0 Å². The van der Waals surface area contributed by atoms with Crippen LogP contribution < -0.4 is 0 Å². The number of hydrogen-bond donors (Lipinski definition) is 0. The van der Waals surface area contributed by atoms with E-state index < -0.39 is 0 Å². The largest absolute Gasteiger partial charge is 0.309 e. The molecular formula is C13H29N3O2. The lowest BCUT2D eigenvalue weighted by atomic mass is 9.92. The lowest BCUT2D eigenvalue weighted by Crippen LogP contribution is -2.40. The first-order valence-electron chi connectivity index (χ1n) is 6.32. The van der Waals surface area contributed by atoms with E-state index in [4.69, 9.17) is 4.84 Å². The number of hydrogen-bond acceptors (Lipinski definition) is 4. The Morgan fingerprint density at radius 3 is 2.11 bits per heavy atom. The first-order valence-corrected chi connectivity index (χ1v) is 6.32. The van der Waals surface area contributed by atoms with E-state index in [9.17, 15) is 4.79 Å². The fourth-order valence-electron chi connectivity index (χ4n) is 2.26. The molecule has 0 N–H and O–H groups in total. The van der Waals surface area contributed by atoms with Crippen molar-refractivity contribution >= 4 is 5.91 Å². The highest BCUT2D eigenvalue weighted by molar-refractivity contribution is 5.74. The number of rotatable bonds is 8. The van der Waals surface area contributed by atoms with E-state index in [0.29, 0.717) is 6.42 Å². The summed E-state index contributed by atoms with van der Waals surface area (Å²) >= 11 is 0. The third kappa shape index (κ3) is 7.63. The van der Waals surface area contributed by atoms with E-state index in [1.807, 2.05) is 0 Å². The molecule has 0 aromatic heterocycles. The van der Waals surface area contributed by atoms with Crippen LogP contribution in [0.2, 0.25) is 0 Å². The summed E-state index contributed by atoms with van der Waals surface area (Å²) in [6.45, 7) is 7.24. The molecule has 0 atom stereocenters. The maximum absolute atomic E-state index is 11.6. The molecule has 0 bridgehead atoms. The van der Waals surface area contributed by atoms with Crippen LogP contribution in [-0.4, -0.2) is 75.7 Å². The Labute approximate surface area is 112 Å². The standard InChI is InChI=1S/C13H29N3O2/c1-13(2,10-14(3)4)11-15(5)9-8-12(17)16(6)18-7/h8-11H2,1-7H3. The average Bonchev–Trinajstić information content (AvgIpc) is 2.21. The van der Waals surface area contributed by atoms with Gasteiger partial charge in [-0.15, -0.1) is 0 Å². The number of carbonyl (C=O) groups excluding carboxylic acids is 1. The van der Waals surface area contributed by atoms with Crippen molar-refractivity contribution in [1.29, 1.82) is 0 Å². The Morgan fingerprint density at radius 2 is 1.67 bits per heavy atom. The lowest BCUT2D eigenvalue weighted by molar-refractivity contribution is -0.168. The predicted molar refractivity (Wildman–Crippen MR) is 74.2 cm³/mol. The monoisotopic (exact) mass is 259 g/mol. The van der Waals surface area contributed by atoms with Gasteiger partial charge >= 0.3 is 0 Å². The van der Waals surface area contributed by atoms with Crippen LogP contribution in [0.15, 0.2) is 0 Å². The van der Waals surface area contributed by atoms with Crippen molar-refractivity contribution in [1.82, 2.24) is 14.9 Å². The number of carbonyl (C=O) groups is 1. The van der Waals surface area contributed by atoms with Gasteiger partial charge in [-0.1, -0.05) is 13.8 Å². The van der Waals surface area contributed by atoms with Gasteiger partial charge in [-0.3, -0.25) is 9.63 Å². The molecule has 18 heavy (non-hydrogen) atoms. The summed E-state index contributed by atoms with van der Waals surface area (Å²) in [5.74, 6) is 0.00904. The first kappa shape index (κ1) is 17.4. The Hall–Kier alpha value is -0.650. The molecule has 0 heterocycles. The van der Waals surface area contributed by atoms with Gasteiger partial charge in [0.05, 0.1) is 7.11 Å². The molecule has 0 radical (unpaired) electrons. The minimum Gasteiger partial charge on any atom is -0.309 e. The molecule has 0 aromatic carbocycles. The molecule has 1 amide bonds. The molecule has 0 unspecified atom stereocenters. The fourth-order valence-corrected chi connectivity index (χ4v) is 2.26. The zero-order chi connectivity index (χ0) is 14.3. The third-order valence-electron chi connectivity index (χ3n) is 2.77. The molecular weight excluding hydrogens is 230 g/mol. The van der Waals surface area contributed by atoms with Crippen molar-refractivity contribution < 1.29 is 9.63 Å². The van der Waals surface area contributed by atoms with Gasteiger partial charge in [0.1, 0.15) is 0 Å². The minimum atomic E-state index is 0.00904. The van der Waals surface area contributed by atoms with Gasteiger partial charge in [-0.2, -0.15) is 0 Å². The Morgan fingerprint density at radius 1 is 1.11 bits per heavy atom. The smallest absolute Gasteiger partial charge is 0.247 e. The molecule has 0 fully saturated rings. The quantitative estimate of drug-likeness (QED) is 0.607. The van der Waals surface area contributed by atoms with Crippen molar-refractivity contribution in [2.45, 2.75) is 20.3 Å². The van der Waals surface area contributed by atoms with E-state index in [0.717, 1.165) is 19.6 Å². The normalized spacial score (nSPS) is 12.3. The fraction of sp³-hybridized carbons (Fsp3) is 0.923. The molecule has 5 nitrogen and oxygen atoms in total. The molecule has 0 rings (SSSR count). The average molecular weight is 259 g/mol. The van der Waals surface area contributed by atoms with Crippen LogP contribution in [0.25, 0.3) is 0 Å². The van der Waals surface area contributed by atoms with Crippen LogP contribution in [0, 0.1) is 5.41 Å². The summed E-state index contributed by atoms with van der Waals surface area (Å²) in [5, 5.41) is 1.28. The third-order valence-corrected chi connectivity index (χ3v) is 2.77. The van der Waals surface area contributed by atoms with Crippen molar-refractivity contribution in [3.05, 3.63) is 0 Å². The van der Waals surface area contributed by atoms with E-state index in [2.05, 4.69) is 44.8 Å². The number of amides is 1. The highest BCUT2D eigenvalue weighted by Gasteiger charge is 2.21. The summed E-state index contributed by atoms with van der Waals surface area (Å²) in [4.78, 5) is 20.8. The molecule has 0 saturated carbocycles. The molecule has 0 aliphatic rings. The Kier molecular flexibility index (Phi) is 7.43. The molecule has 5 heteroatoms. The summed E-state index contributed by atoms with van der Waals surface area (Å²) in [5.41, 5.74) is 0.217. The van der Waals surface area contributed by atoms with Crippen molar-refractivity contribution in [3.8, 4) is 0 Å². The second-order valence-electron chi connectivity index (χ2n) is 5.96. The van der Waals surface area contributed by atoms with Crippen molar-refractivity contribution in [3.63, 3.8) is 0 Å². The topological polar surface area (TPSA) is 36.0 Å². The summed E-state index contributed by atoms with van der Waals surface area (Å²) < 4.78 is 0. The summed E-state index contributed by atoms with van der Waals surface area (Å²) in [6, 6.07) is 0. The van der Waals surface area contributed by atoms with Gasteiger partial charge < -0.3 is 9.80 Å². The molecule has 0 spiro atoms. The molecule has 108 valence electrons. The van der Waals surface area contributed by atoms with E-state index in [1.165, 1.54) is 12.2 Å². The van der Waals surface area contributed by atoms with Gasteiger partial charge in [-0.25, -0.2) is 5.06 Å². The van der Waals surface area contributed by atoms with Gasteiger partial charge in [0.25, 0.3) is 0 Å². The highest BCUT2D eigenvalue weighted by Crippen LogP contribution is 2.17. The summed E-state index contributed by atoms with van der Waals surface area (Å²) in [6.07, 6.45) is 0.485. The predicted octanol–water partition coefficient (Wildman–Crippen LogP) is 0.916. The van der Waals surface area contributed by atoms with Crippen molar-refractivity contribution in [2.75, 3.05) is 54.9 Å². The maximum atomic E-state index is 11.6. The number of hydroxylamine groups is 2. The van der Waals surface area contributed by atoms with Gasteiger partial charge in [0, 0.05) is 33.1 Å². The molecule has 0 aromatic rings. The highest BCUT2D eigenvalue weighted by atomic mass is 16.7. The molecule has 0 aliphatic heterocycles. The lowest BCUT2D eigenvalue weighted by Gasteiger charge is -2.32. The van der Waals surface area contributed by atoms with Crippen molar-refractivity contribution in [2.24, 2.45) is 5.41 Å². The van der Waals surface area contributed by atoms with E-state index in [1.54, 1.807) is 7.05 Å². The van der Waals surface area contributed by atoms with Crippen LogP contribution in [0.1, 0.15) is 20.3 Å². The van der Waals surface area contributed by atoms with E-state index in [-0.39, 0.29) is 11.3 Å². The van der Waals surface area contributed by atoms with Crippen LogP contribution >= 0.6 is 0 Å². The zero-order valence-electron chi connectivity index (χ0n) is 13.0. The second-order valence-corrected chi connectivity index (χ2v) is 5.96. The molecule has 0 aliphatic carbocycles. The number of nitrogens with zero attached hydrogens (tertiary/aromatic N) is 3. The maximum Gasteiger partial charge on any atom is 0.247 e. The van der Waals surface area contributed by atoms with Gasteiger partial charge in [-0.05, 0) is 26.6 Å².